The molecule has 16 heavy (non-hydrogen) atoms. The predicted molar refractivity (Wildman–Crippen MR) is 64.2 cm³/mol. The van der Waals surface area contributed by atoms with Gasteiger partial charge >= 0.3 is 5.97 Å². The lowest BCUT2D eigenvalue weighted by atomic mass is 9.92. The largest absolute Gasteiger partial charge is 0.481 e. The van der Waals surface area contributed by atoms with Crippen LogP contribution in [0.2, 0.25) is 0 Å². The van der Waals surface area contributed by atoms with Gasteiger partial charge in [-0.3, -0.25) is 4.79 Å². The molecule has 0 aromatic heterocycles. The third kappa shape index (κ3) is 2.61. The molecule has 1 N–H and O–H groups in total. The first-order valence-electron chi connectivity index (χ1n) is 5.01. The van der Waals surface area contributed by atoms with Gasteiger partial charge in [-0.25, -0.2) is 4.39 Å². The summed E-state index contributed by atoms with van der Waals surface area (Å²) >= 11 is 3.33. The normalized spacial score (nSPS) is 12.6. The molecular formula is C12H14BrFO2. The van der Waals surface area contributed by atoms with Crippen LogP contribution in [0.25, 0.3) is 0 Å². The van der Waals surface area contributed by atoms with Crippen molar-refractivity contribution >= 4 is 21.9 Å². The van der Waals surface area contributed by atoms with Gasteiger partial charge in [0, 0.05) is 4.47 Å². The molecule has 0 bridgehead atoms. The van der Waals surface area contributed by atoms with E-state index in [1.165, 1.54) is 6.07 Å². The average molecular weight is 289 g/mol. The van der Waals surface area contributed by atoms with Gasteiger partial charge in [-0.2, -0.15) is 0 Å². The summed E-state index contributed by atoms with van der Waals surface area (Å²) in [4.78, 5) is 10.6. The smallest absolute Gasteiger partial charge is 0.303 e. The molecule has 0 aliphatic rings. The number of benzene rings is 1. The molecule has 0 fully saturated rings. The topological polar surface area (TPSA) is 37.3 Å². The first-order chi connectivity index (χ1) is 7.34. The fourth-order valence-electron chi connectivity index (χ4n) is 1.75. The van der Waals surface area contributed by atoms with Crippen LogP contribution in [0.1, 0.15) is 36.0 Å². The highest BCUT2D eigenvalue weighted by Crippen LogP contribution is 2.32. The zero-order valence-corrected chi connectivity index (χ0v) is 11.1. The number of carboxylic acids is 1. The Bertz CT molecular complexity index is 430. The Morgan fingerprint density at radius 3 is 2.56 bits per heavy atom. The molecule has 4 heteroatoms. The Hall–Kier alpha value is -0.900. The van der Waals surface area contributed by atoms with Crippen LogP contribution < -0.4 is 0 Å². The van der Waals surface area contributed by atoms with Crippen molar-refractivity contribution in [3.05, 3.63) is 33.0 Å². The van der Waals surface area contributed by atoms with E-state index in [4.69, 9.17) is 5.11 Å². The Labute approximate surface area is 103 Å². The van der Waals surface area contributed by atoms with E-state index in [-0.39, 0.29) is 18.2 Å². The lowest BCUT2D eigenvalue weighted by Gasteiger charge is -2.16. The van der Waals surface area contributed by atoms with E-state index in [1.54, 1.807) is 13.8 Å². The van der Waals surface area contributed by atoms with E-state index < -0.39 is 5.97 Å². The van der Waals surface area contributed by atoms with Crippen molar-refractivity contribution < 1.29 is 14.3 Å². The van der Waals surface area contributed by atoms with Gasteiger partial charge < -0.3 is 5.11 Å². The second kappa shape index (κ2) is 4.95. The molecule has 88 valence electrons. The molecule has 0 aliphatic carbocycles. The summed E-state index contributed by atoms with van der Waals surface area (Å²) in [6.07, 6.45) is 0.00970. The summed E-state index contributed by atoms with van der Waals surface area (Å²) in [6.45, 7) is 5.35. The van der Waals surface area contributed by atoms with E-state index in [0.29, 0.717) is 5.56 Å². The van der Waals surface area contributed by atoms with Crippen molar-refractivity contribution in [1.29, 1.82) is 0 Å². The number of hydrogen-bond donors (Lipinski definition) is 1. The van der Waals surface area contributed by atoms with Gasteiger partial charge in [0.1, 0.15) is 5.82 Å². The summed E-state index contributed by atoms with van der Waals surface area (Å²) in [7, 11) is 0. The Kier molecular flexibility index (Phi) is 4.08. The summed E-state index contributed by atoms with van der Waals surface area (Å²) in [5, 5.41) is 8.72. The molecule has 1 atom stereocenters. The molecule has 0 heterocycles. The van der Waals surface area contributed by atoms with Crippen molar-refractivity contribution in [2.45, 2.75) is 33.1 Å². The number of aliphatic carboxylic acids is 1. The second-order valence-corrected chi connectivity index (χ2v) is 4.80. The first-order valence-corrected chi connectivity index (χ1v) is 5.80. The summed E-state index contributed by atoms with van der Waals surface area (Å²) in [6, 6.07) is 1.43. The van der Waals surface area contributed by atoms with E-state index in [2.05, 4.69) is 15.9 Å². The molecular weight excluding hydrogens is 275 g/mol. The third-order valence-corrected chi connectivity index (χ3v) is 3.93. The van der Waals surface area contributed by atoms with Gasteiger partial charge in [-0.05, 0) is 42.5 Å². The summed E-state index contributed by atoms with van der Waals surface area (Å²) < 4.78 is 14.3. The zero-order valence-electron chi connectivity index (χ0n) is 9.47. The Balaban J connectivity index is 3.19. The number of carbonyl (C=O) groups is 1. The van der Waals surface area contributed by atoms with Gasteiger partial charge in [0.15, 0.2) is 0 Å². The molecule has 0 saturated heterocycles. The van der Waals surface area contributed by atoms with Crippen molar-refractivity contribution in [2.75, 3.05) is 0 Å². The standard InChI is InChI=1S/C12H14BrFO2/c1-6(4-11(15)16)9-5-10(14)8(3)12(13)7(9)2/h5-6H,4H2,1-3H3,(H,15,16). The minimum Gasteiger partial charge on any atom is -0.481 e. The van der Waals surface area contributed by atoms with Crippen LogP contribution in [0.3, 0.4) is 0 Å². The SMILES string of the molecule is Cc1c(F)cc(C(C)CC(=O)O)c(C)c1Br. The maximum absolute atomic E-state index is 13.5. The van der Waals surface area contributed by atoms with Gasteiger partial charge in [-0.1, -0.05) is 22.9 Å². The van der Waals surface area contributed by atoms with Crippen LogP contribution in [0.5, 0.6) is 0 Å². The highest BCUT2D eigenvalue weighted by molar-refractivity contribution is 9.10. The van der Waals surface area contributed by atoms with Crippen LogP contribution in [-0.2, 0) is 4.79 Å². The Morgan fingerprint density at radius 2 is 2.06 bits per heavy atom. The fraction of sp³-hybridized carbons (Fsp3) is 0.417. The van der Waals surface area contributed by atoms with Crippen LogP contribution in [0.15, 0.2) is 10.5 Å². The van der Waals surface area contributed by atoms with Crippen LogP contribution >= 0.6 is 15.9 Å². The maximum Gasteiger partial charge on any atom is 0.303 e. The van der Waals surface area contributed by atoms with Crippen LogP contribution in [-0.4, -0.2) is 11.1 Å². The predicted octanol–water partition coefficient (Wildman–Crippen LogP) is 3.78. The average Bonchev–Trinajstić information content (AvgIpc) is 2.19. The third-order valence-electron chi connectivity index (χ3n) is 2.74. The van der Waals surface area contributed by atoms with Crippen molar-refractivity contribution in [3.8, 4) is 0 Å². The second-order valence-electron chi connectivity index (χ2n) is 4.01. The zero-order chi connectivity index (χ0) is 12.5. The van der Waals surface area contributed by atoms with Gasteiger partial charge in [0.05, 0.1) is 6.42 Å². The van der Waals surface area contributed by atoms with Crippen molar-refractivity contribution in [3.63, 3.8) is 0 Å². The number of hydrogen-bond acceptors (Lipinski definition) is 1. The van der Waals surface area contributed by atoms with E-state index >= 15 is 0 Å². The molecule has 0 aliphatic heterocycles. The summed E-state index contributed by atoms with van der Waals surface area (Å²) in [5.74, 6) is -1.36. The van der Waals surface area contributed by atoms with Crippen molar-refractivity contribution in [2.24, 2.45) is 0 Å². The molecule has 2 nitrogen and oxygen atoms in total. The monoisotopic (exact) mass is 288 g/mol. The molecule has 1 rings (SSSR count). The van der Waals surface area contributed by atoms with Gasteiger partial charge in [0.25, 0.3) is 0 Å². The fourth-order valence-corrected chi connectivity index (χ4v) is 2.17. The van der Waals surface area contributed by atoms with Crippen molar-refractivity contribution in [1.82, 2.24) is 0 Å². The molecule has 0 radical (unpaired) electrons. The van der Waals surface area contributed by atoms with E-state index in [1.807, 2.05) is 6.92 Å². The van der Waals surface area contributed by atoms with Gasteiger partial charge in [0.2, 0.25) is 0 Å². The molecule has 1 aromatic carbocycles. The van der Waals surface area contributed by atoms with E-state index in [0.717, 1.165) is 15.6 Å². The molecule has 0 amide bonds. The van der Waals surface area contributed by atoms with Crippen LogP contribution in [0, 0.1) is 19.7 Å². The quantitative estimate of drug-likeness (QED) is 0.919. The highest BCUT2D eigenvalue weighted by Gasteiger charge is 2.17. The number of halogens is 2. The highest BCUT2D eigenvalue weighted by atomic mass is 79.9. The summed E-state index contributed by atoms with van der Waals surface area (Å²) in [5.41, 5.74) is 2.22. The lowest BCUT2D eigenvalue weighted by molar-refractivity contribution is -0.137. The minimum atomic E-state index is -0.871. The lowest BCUT2D eigenvalue weighted by Crippen LogP contribution is -2.06. The molecule has 0 spiro atoms. The molecule has 0 saturated carbocycles. The van der Waals surface area contributed by atoms with Crippen LogP contribution in [0.4, 0.5) is 4.39 Å². The first kappa shape index (κ1) is 13.2. The van der Waals surface area contributed by atoms with Gasteiger partial charge in [-0.15, -0.1) is 0 Å². The maximum atomic E-state index is 13.5. The Morgan fingerprint density at radius 1 is 1.50 bits per heavy atom. The van der Waals surface area contributed by atoms with E-state index in [9.17, 15) is 9.18 Å². The molecule has 1 aromatic rings. The minimum absolute atomic E-state index is 0.00970. The number of rotatable bonds is 3. The molecule has 1 unspecified atom stereocenters. The number of carboxylic acid groups (broad SMARTS) is 1.